The highest BCUT2D eigenvalue weighted by molar-refractivity contribution is 7.89. The molecular weight excluding hydrogens is 454 g/mol. The Morgan fingerprint density at radius 3 is 2.18 bits per heavy atom. The first-order valence-corrected chi connectivity index (χ1v) is 12.5. The third-order valence-electron chi connectivity index (χ3n) is 5.24. The summed E-state index contributed by atoms with van der Waals surface area (Å²) >= 11 is 1.20. The van der Waals surface area contributed by atoms with E-state index in [9.17, 15) is 13.2 Å². The second-order valence-corrected chi connectivity index (χ2v) is 10.0. The van der Waals surface area contributed by atoms with Gasteiger partial charge in [-0.05, 0) is 29.3 Å². The van der Waals surface area contributed by atoms with Gasteiger partial charge in [0.2, 0.25) is 15.9 Å². The van der Waals surface area contributed by atoms with E-state index in [1.54, 1.807) is 10.6 Å². The Kier molecular flexibility index (Phi) is 6.56. The van der Waals surface area contributed by atoms with Crippen LogP contribution in [0.4, 0.5) is 0 Å². The second kappa shape index (κ2) is 9.55. The first-order valence-electron chi connectivity index (χ1n) is 10.1. The van der Waals surface area contributed by atoms with E-state index in [0.717, 1.165) is 11.1 Å². The summed E-state index contributed by atoms with van der Waals surface area (Å²) in [7, 11) is -3.85. The lowest BCUT2D eigenvalue weighted by Crippen LogP contribution is -2.17. The fraction of sp³-hybridized carbons (Fsp3) is 0.120. The van der Waals surface area contributed by atoms with Crippen molar-refractivity contribution in [1.29, 1.82) is 0 Å². The molecule has 8 heteroatoms. The molecule has 0 bridgehead atoms. The highest BCUT2D eigenvalue weighted by atomic mass is 32.2. The predicted octanol–water partition coefficient (Wildman–Crippen LogP) is 3.63. The van der Waals surface area contributed by atoms with E-state index >= 15 is 0 Å². The summed E-state index contributed by atoms with van der Waals surface area (Å²) in [6, 6.07) is 24.2. The van der Waals surface area contributed by atoms with Crippen LogP contribution in [0.15, 0.2) is 88.8 Å². The Hall–Kier alpha value is -3.51. The van der Waals surface area contributed by atoms with Crippen molar-refractivity contribution in [2.75, 3.05) is 0 Å². The maximum atomic E-state index is 13.1. The van der Waals surface area contributed by atoms with Gasteiger partial charge in [-0.15, -0.1) is 6.42 Å². The van der Waals surface area contributed by atoms with E-state index < -0.39 is 10.0 Å². The molecule has 0 atom stereocenters. The molecule has 4 rings (SSSR count). The molecule has 33 heavy (non-hydrogen) atoms. The molecule has 3 aromatic carbocycles. The summed E-state index contributed by atoms with van der Waals surface area (Å²) in [5, 5.41) is 5.26. The summed E-state index contributed by atoms with van der Waals surface area (Å²) < 4.78 is 25.8. The van der Waals surface area contributed by atoms with Crippen LogP contribution in [0.2, 0.25) is 0 Å². The average Bonchev–Trinajstić information content (AvgIpc) is 3.14. The van der Waals surface area contributed by atoms with Crippen molar-refractivity contribution in [3.63, 3.8) is 0 Å². The number of hydrogen-bond acceptors (Lipinski definition) is 4. The number of carbonyl (C=O) groups excluding carboxylic acids is 1. The molecule has 0 spiro atoms. The third kappa shape index (κ3) is 5.12. The molecule has 0 aliphatic rings. The fourth-order valence-electron chi connectivity index (χ4n) is 3.69. The molecule has 0 saturated carbocycles. The van der Waals surface area contributed by atoms with Gasteiger partial charge in [0.05, 0.1) is 21.7 Å². The molecule has 166 valence electrons. The number of carbonyl (C=O) groups is 1. The van der Waals surface area contributed by atoms with Crippen LogP contribution < -0.4 is 9.94 Å². The molecule has 0 aliphatic heterocycles. The number of amides is 1. The Morgan fingerprint density at radius 2 is 1.64 bits per heavy atom. The van der Waals surface area contributed by atoms with Crippen molar-refractivity contribution in [2.24, 2.45) is 10.1 Å². The summed E-state index contributed by atoms with van der Waals surface area (Å²) in [6.07, 6.45) is 5.71. The molecule has 1 aromatic heterocycles. The number of sulfonamides is 1. The second-order valence-electron chi connectivity index (χ2n) is 7.43. The van der Waals surface area contributed by atoms with E-state index in [0.29, 0.717) is 15.0 Å². The number of nitrogens with two attached hydrogens (primary N) is 1. The zero-order chi connectivity index (χ0) is 23.4. The van der Waals surface area contributed by atoms with Crippen molar-refractivity contribution >= 4 is 37.5 Å². The zero-order valence-electron chi connectivity index (χ0n) is 17.6. The maximum absolute atomic E-state index is 13.1. The zero-order valence-corrected chi connectivity index (χ0v) is 19.2. The van der Waals surface area contributed by atoms with Gasteiger partial charge >= 0.3 is 0 Å². The van der Waals surface area contributed by atoms with Crippen molar-refractivity contribution in [2.45, 2.75) is 23.8 Å². The number of benzene rings is 3. The van der Waals surface area contributed by atoms with Crippen LogP contribution in [0.1, 0.15) is 23.5 Å². The largest absolute Gasteiger partial charge is 0.305 e. The average molecular weight is 476 g/mol. The first-order chi connectivity index (χ1) is 15.9. The maximum Gasteiger partial charge on any atom is 0.249 e. The monoisotopic (exact) mass is 475 g/mol. The number of terminal acetylenes is 1. The number of rotatable bonds is 6. The number of nitrogens with zero attached hydrogens (tertiary/aromatic N) is 2. The molecule has 0 radical (unpaired) electrons. The molecule has 2 N–H and O–H groups in total. The van der Waals surface area contributed by atoms with Crippen molar-refractivity contribution < 1.29 is 13.2 Å². The van der Waals surface area contributed by atoms with Crippen LogP contribution in [0.3, 0.4) is 0 Å². The number of aromatic nitrogens is 1. The molecule has 0 unspecified atom stereocenters. The van der Waals surface area contributed by atoms with E-state index in [-0.39, 0.29) is 29.7 Å². The quantitative estimate of drug-likeness (QED) is 0.432. The lowest BCUT2D eigenvalue weighted by molar-refractivity contribution is -0.118. The van der Waals surface area contributed by atoms with Gasteiger partial charge in [0.15, 0.2) is 4.80 Å². The molecule has 0 fully saturated rings. The highest BCUT2D eigenvalue weighted by Crippen LogP contribution is 2.28. The van der Waals surface area contributed by atoms with Crippen LogP contribution >= 0.6 is 11.3 Å². The molecule has 6 nitrogen and oxygen atoms in total. The standard InChI is InChI=1S/C25H21N3O3S2/c1-2-15-28-22-14-13-20(33(26,30)31)16-23(22)32-25(28)27-24(29)17-21(18-9-5-3-6-10-18)19-11-7-4-8-12-19/h1,3-14,16,21H,15,17H2,(H2,26,30,31). The minimum Gasteiger partial charge on any atom is -0.305 e. The van der Waals surface area contributed by atoms with Gasteiger partial charge in [-0.2, -0.15) is 4.99 Å². The minimum absolute atomic E-state index is 0.00444. The van der Waals surface area contributed by atoms with Crippen molar-refractivity contribution in [3.8, 4) is 12.3 Å². The van der Waals surface area contributed by atoms with Gasteiger partial charge in [-0.1, -0.05) is 77.9 Å². The molecule has 4 aromatic rings. The molecule has 1 amide bonds. The first kappa shape index (κ1) is 22.7. The normalized spacial score (nSPS) is 12.2. The van der Waals surface area contributed by atoms with Crippen molar-refractivity contribution in [1.82, 2.24) is 4.57 Å². The smallest absolute Gasteiger partial charge is 0.249 e. The molecule has 0 aliphatic carbocycles. The number of fused-ring (bicyclic) bond motifs is 1. The van der Waals surface area contributed by atoms with Gasteiger partial charge < -0.3 is 4.57 Å². The Balaban J connectivity index is 1.75. The van der Waals surface area contributed by atoms with Gasteiger partial charge in [-0.3, -0.25) is 4.79 Å². The minimum atomic E-state index is -3.85. The number of primary sulfonamides is 1. The van der Waals surface area contributed by atoms with E-state index in [1.807, 2.05) is 60.7 Å². The molecule has 1 heterocycles. The molecular formula is C25H21N3O3S2. The van der Waals surface area contributed by atoms with Gasteiger partial charge in [0, 0.05) is 12.3 Å². The van der Waals surface area contributed by atoms with E-state index in [1.165, 1.54) is 23.5 Å². The molecule has 0 saturated heterocycles. The summed E-state index contributed by atoms with van der Waals surface area (Å²) in [5.41, 5.74) is 2.75. The highest BCUT2D eigenvalue weighted by Gasteiger charge is 2.19. The van der Waals surface area contributed by atoms with Crippen LogP contribution in [0.25, 0.3) is 10.2 Å². The fourth-order valence-corrected chi connectivity index (χ4v) is 5.39. The van der Waals surface area contributed by atoms with Crippen LogP contribution in [-0.2, 0) is 21.4 Å². The van der Waals surface area contributed by atoms with E-state index in [2.05, 4.69) is 10.9 Å². The Morgan fingerprint density at radius 1 is 1.03 bits per heavy atom. The Labute approximate surface area is 196 Å². The Bertz CT molecular complexity index is 1470. The van der Waals surface area contributed by atoms with Crippen LogP contribution in [0.5, 0.6) is 0 Å². The van der Waals surface area contributed by atoms with Crippen LogP contribution in [0, 0.1) is 12.3 Å². The topological polar surface area (TPSA) is 94.5 Å². The van der Waals surface area contributed by atoms with Crippen molar-refractivity contribution in [3.05, 3.63) is 94.8 Å². The SMILES string of the molecule is C#CCn1c(=NC(=O)CC(c2ccccc2)c2ccccc2)sc2cc(S(N)(=O)=O)ccc21. The number of thiazole rings is 1. The van der Waals surface area contributed by atoms with Gasteiger partial charge in [0.1, 0.15) is 0 Å². The lowest BCUT2D eigenvalue weighted by atomic mass is 9.88. The number of hydrogen-bond donors (Lipinski definition) is 1. The van der Waals surface area contributed by atoms with Crippen LogP contribution in [-0.4, -0.2) is 18.9 Å². The summed E-state index contributed by atoms with van der Waals surface area (Å²) in [4.78, 5) is 17.9. The van der Waals surface area contributed by atoms with E-state index in [4.69, 9.17) is 11.6 Å². The van der Waals surface area contributed by atoms with Gasteiger partial charge in [-0.25, -0.2) is 13.6 Å². The van der Waals surface area contributed by atoms with Gasteiger partial charge in [0.25, 0.3) is 0 Å². The third-order valence-corrected chi connectivity index (χ3v) is 7.19. The predicted molar refractivity (Wildman–Crippen MR) is 130 cm³/mol. The summed E-state index contributed by atoms with van der Waals surface area (Å²) in [6.45, 7) is 0.196. The lowest BCUT2D eigenvalue weighted by Gasteiger charge is -2.16. The summed E-state index contributed by atoms with van der Waals surface area (Å²) in [5.74, 6) is 2.13.